The van der Waals surface area contributed by atoms with Gasteiger partial charge < -0.3 is 21.0 Å². The van der Waals surface area contributed by atoms with Crippen LogP contribution in [0.25, 0.3) is 0 Å². The van der Waals surface area contributed by atoms with Crippen LogP contribution in [-0.2, 0) is 0 Å². The molecule has 0 atom stereocenters. The fourth-order valence-corrected chi connectivity index (χ4v) is 2.26. The third-order valence-electron chi connectivity index (χ3n) is 3.56. The number of nitrogens with zero attached hydrogens (tertiary/aromatic N) is 1. The van der Waals surface area contributed by atoms with Gasteiger partial charge in [0.25, 0.3) is 5.91 Å². The summed E-state index contributed by atoms with van der Waals surface area (Å²) in [5.74, 6) is -0.0380. The van der Waals surface area contributed by atoms with Gasteiger partial charge in [0.15, 0.2) is 5.84 Å². The second-order valence-electron chi connectivity index (χ2n) is 4.57. The summed E-state index contributed by atoms with van der Waals surface area (Å²) in [5, 5.41) is 15.2. The molecule has 7 heteroatoms. The molecule has 6 nitrogen and oxygen atoms in total. The Labute approximate surface area is 128 Å². The van der Waals surface area contributed by atoms with Gasteiger partial charge in [0, 0.05) is 5.02 Å². The van der Waals surface area contributed by atoms with Gasteiger partial charge in [0.2, 0.25) is 0 Å². The molecule has 116 valence electrons. The molecule has 1 rings (SSSR count). The molecule has 0 saturated carbocycles. The predicted octanol–water partition coefficient (Wildman–Crippen LogP) is 2.38. The lowest BCUT2D eigenvalue weighted by Crippen LogP contribution is -2.56. The number of carbonyl (C=O) groups is 1. The van der Waals surface area contributed by atoms with Gasteiger partial charge in [0.1, 0.15) is 11.3 Å². The molecule has 0 radical (unpaired) electrons. The molecule has 21 heavy (non-hydrogen) atoms. The van der Waals surface area contributed by atoms with Crippen LogP contribution in [-0.4, -0.2) is 29.6 Å². The number of hydrogen-bond donors (Lipinski definition) is 3. The molecule has 1 aromatic carbocycles. The minimum absolute atomic E-state index is 0.0400. The van der Waals surface area contributed by atoms with Crippen LogP contribution in [0, 0.1) is 0 Å². The lowest BCUT2D eigenvalue weighted by atomic mass is 9.91. The van der Waals surface area contributed by atoms with Crippen molar-refractivity contribution in [3.05, 3.63) is 28.8 Å². The molecule has 0 aliphatic rings. The molecule has 0 heterocycles. The van der Waals surface area contributed by atoms with Gasteiger partial charge in [-0.25, -0.2) is 0 Å². The Bertz CT molecular complexity index is 542. The highest BCUT2D eigenvalue weighted by molar-refractivity contribution is 6.31. The number of oxime groups is 1. The molecule has 0 aliphatic heterocycles. The second-order valence-corrected chi connectivity index (χ2v) is 5.01. The minimum Gasteiger partial charge on any atom is -0.496 e. The number of carbonyl (C=O) groups excluding carboxylic acids is 1. The van der Waals surface area contributed by atoms with Gasteiger partial charge in [0.05, 0.1) is 12.7 Å². The van der Waals surface area contributed by atoms with Gasteiger partial charge in [-0.1, -0.05) is 30.6 Å². The van der Waals surface area contributed by atoms with Crippen LogP contribution in [0.2, 0.25) is 5.02 Å². The SMILES string of the molecule is CCC(CC)(NC(=O)c1cc(Cl)ccc1OC)/C(N)=N/O. The third-order valence-corrected chi connectivity index (χ3v) is 3.80. The van der Waals surface area contributed by atoms with Crippen molar-refractivity contribution in [3.63, 3.8) is 0 Å². The highest BCUT2D eigenvalue weighted by Gasteiger charge is 2.34. The summed E-state index contributed by atoms with van der Waals surface area (Å²) in [4.78, 5) is 12.5. The average molecular weight is 314 g/mol. The molecule has 0 spiro atoms. The van der Waals surface area contributed by atoms with E-state index < -0.39 is 11.4 Å². The summed E-state index contributed by atoms with van der Waals surface area (Å²) < 4.78 is 5.16. The Hall–Kier alpha value is -1.95. The number of benzene rings is 1. The van der Waals surface area contributed by atoms with Crippen LogP contribution in [0.3, 0.4) is 0 Å². The number of amides is 1. The number of ether oxygens (including phenoxy) is 1. The maximum Gasteiger partial charge on any atom is 0.255 e. The summed E-state index contributed by atoms with van der Waals surface area (Å²) in [5.41, 5.74) is 5.10. The number of rotatable bonds is 6. The zero-order valence-electron chi connectivity index (χ0n) is 12.3. The highest BCUT2D eigenvalue weighted by atomic mass is 35.5. The smallest absolute Gasteiger partial charge is 0.255 e. The van der Waals surface area contributed by atoms with E-state index in [0.717, 1.165) is 0 Å². The van der Waals surface area contributed by atoms with Crippen LogP contribution in [0.1, 0.15) is 37.0 Å². The zero-order chi connectivity index (χ0) is 16.0. The lowest BCUT2D eigenvalue weighted by molar-refractivity contribution is 0.0914. The van der Waals surface area contributed by atoms with Gasteiger partial charge in [-0.15, -0.1) is 0 Å². The molecule has 0 saturated heterocycles. The maximum absolute atomic E-state index is 12.5. The van der Waals surface area contributed by atoms with Gasteiger partial charge in [-0.05, 0) is 31.0 Å². The van der Waals surface area contributed by atoms with Crippen molar-refractivity contribution in [2.45, 2.75) is 32.2 Å². The number of methoxy groups -OCH3 is 1. The fraction of sp³-hybridized carbons (Fsp3) is 0.429. The van der Waals surface area contributed by atoms with Crippen molar-refractivity contribution in [2.75, 3.05) is 7.11 Å². The summed E-state index contributed by atoms with van der Waals surface area (Å²) in [6, 6.07) is 4.76. The maximum atomic E-state index is 12.5. The molecular formula is C14H20ClN3O3. The monoisotopic (exact) mass is 313 g/mol. The van der Waals surface area contributed by atoms with E-state index in [9.17, 15) is 4.79 Å². The predicted molar refractivity (Wildman–Crippen MR) is 82.2 cm³/mol. The van der Waals surface area contributed by atoms with E-state index in [2.05, 4.69) is 10.5 Å². The molecule has 0 aliphatic carbocycles. The van der Waals surface area contributed by atoms with Crippen molar-refractivity contribution in [2.24, 2.45) is 10.9 Å². The normalized spacial score (nSPS) is 12.1. The Morgan fingerprint density at radius 2 is 2.10 bits per heavy atom. The first-order chi connectivity index (χ1) is 9.93. The number of amidine groups is 1. The first kappa shape index (κ1) is 17.1. The first-order valence-electron chi connectivity index (χ1n) is 6.58. The van der Waals surface area contributed by atoms with Crippen molar-refractivity contribution >= 4 is 23.3 Å². The van der Waals surface area contributed by atoms with E-state index in [0.29, 0.717) is 29.2 Å². The number of nitrogens with one attached hydrogen (secondary N) is 1. The van der Waals surface area contributed by atoms with Crippen LogP contribution in [0.15, 0.2) is 23.4 Å². The standard InChI is InChI=1S/C14H20ClN3O3/c1-4-14(5-2,13(16)18-20)17-12(19)10-8-9(15)6-7-11(10)21-3/h6-8,20H,4-5H2,1-3H3,(H2,16,18)(H,17,19). The van der Waals surface area contributed by atoms with E-state index in [1.807, 2.05) is 13.8 Å². The molecule has 1 amide bonds. The highest BCUT2D eigenvalue weighted by Crippen LogP contribution is 2.24. The molecule has 4 N–H and O–H groups in total. The topological polar surface area (TPSA) is 96.9 Å². The van der Waals surface area contributed by atoms with Gasteiger partial charge >= 0.3 is 0 Å². The van der Waals surface area contributed by atoms with E-state index in [1.54, 1.807) is 12.1 Å². The quantitative estimate of drug-likeness (QED) is 0.325. The number of halogens is 1. The van der Waals surface area contributed by atoms with Crippen molar-refractivity contribution in [1.82, 2.24) is 5.32 Å². The summed E-state index contributed by atoms with van der Waals surface area (Å²) in [6.07, 6.45) is 0.960. The van der Waals surface area contributed by atoms with Crippen LogP contribution >= 0.6 is 11.6 Å². The Balaban J connectivity index is 3.17. The van der Waals surface area contributed by atoms with Crippen LogP contribution in [0.4, 0.5) is 0 Å². The minimum atomic E-state index is -0.917. The molecule has 0 bridgehead atoms. The van der Waals surface area contributed by atoms with Gasteiger partial charge in [-0.2, -0.15) is 0 Å². The molecule has 0 unspecified atom stereocenters. The fourth-order valence-electron chi connectivity index (χ4n) is 2.09. The molecule has 0 aromatic heterocycles. The summed E-state index contributed by atoms with van der Waals surface area (Å²) >= 11 is 5.92. The number of nitrogens with two attached hydrogens (primary N) is 1. The van der Waals surface area contributed by atoms with Crippen LogP contribution in [0.5, 0.6) is 5.75 Å². The number of hydrogen-bond acceptors (Lipinski definition) is 4. The van der Waals surface area contributed by atoms with E-state index in [4.69, 9.17) is 27.3 Å². The van der Waals surface area contributed by atoms with E-state index in [1.165, 1.54) is 13.2 Å². The second kappa shape index (κ2) is 7.17. The summed E-state index contributed by atoms with van der Waals surface area (Å²) in [7, 11) is 1.47. The molecular weight excluding hydrogens is 294 g/mol. The summed E-state index contributed by atoms with van der Waals surface area (Å²) in [6.45, 7) is 3.69. The Morgan fingerprint density at radius 3 is 2.57 bits per heavy atom. The Morgan fingerprint density at radius 1 is 1.48 bits per heavy atom. The van der Waals surface area contributed by atoms with E-state index >= 15 is 0 Å². The lowest BCUT2D eigenvalue weighted by Gasteiger charge is -2.31. The molecule has 1 aromatic rings. The first-order valence-corrected chi connectivity index (χ1v) is 6.96. The zero-order valence-corrected chi connectivity index (χ0v) is 13.1. The third kappa shape index (κ3) is 3.58. The average Bonchev–Trinajstić information content (AvgIpc) is 2.51. The molecule has 0 fully saturated rings. The van der Waals surface area contributed by atoms with Crippen molar-refractivity contribution in [1.29, 1.82) is 0 Å². The van der Waals surface area contributed by atoms with Crippen molar-refractivity contribution in [3.8, 4) is 5.75 Å². The van der Waals surface area contributed by atoms with E-state index in [-0.39, 0.29) is 5.84 Å². The largest absolute Gasteiger partial charge is 0.496 e. The van der Waals surface area contributed by atoms with Gasteiger partial charge in [-0.3, -0.25) is 4.79 Å². The Kier molecular flexibility index (Phi) is 5.84. The van der Waals surface area contributed by atoms with Crippen LogP contribution < -0.4 is 15.8 Å². The van der Waals surface area contributed by atoms with Crippen molar-refractivity contribution < 1.29 is 14.7 Å².